The Labute approximate surface area is 100 Å². The smallest absolute Gasteiger partial charge is 0.317 e. The number of aliphatic carboxylic acids is 1. The minimum Gasteiger partial charge on any atom is -0.481 e. The van der Waals surface area contributed by atoms with Gasteiger partial charge in [0.1, 0.15) is 6.54 Å². The van der Waals surface area contributed by atoms with Gasteiger partial charge in [0.05, 0.1) is 5.41 Å². The van der Waals surface area contributed by atoms with Gasteiger partial charge < -0.3 is 20.6 Å². The summed E-state index contributed by atoms with van der Waals surface area (Å²) in [5.41, 5.74) is -1.04. The fraction of sp³-hybridized carbons (Fsp3) is 0.700. The predicted molar refractivity (Wildman–Crippen MR) is 61.5 cm³/mol. The second kappa shape index (κ2) is 6.07. The average Bonchev–Trinajstić information content (AvgIpc) is 2.25. The molecule has 0 aromatic heterocycles. The summed E-state index contributed by atoms with van der Waals surface area (Å²) < 4.78 is 0. The normalized spacial score (nSPS) is 10.6. The molecule has 0 heterocycles. The molecular weight excluding hydrogens is 226 g/mol. The Balaban J connectivity index is 4.19. The fourth-order valence-corrected chi connectivity index (χ4v) is 0.873. The number of hydrogen-bond donors (Lipinski definition) is 3. The Morgan fingerprint density at radius 1 is 1.29 bits per heavy atom. The number of amides is 3. The van der Waals surface area contributed by atoms with Crippen LogP contribution >= 0.6 is 0 Å². The van der Waals surface area contributed by atoms with Crippen molar-refractivity contribution in [2.75, 3.05) is 27.2 Å². The van der Waals surface area contributed by atoms with Gasteiger partial charge in [-0.2, -0.15) is 0 Å². The highest BCUT2D eigenvalue weighted by atomic mass is 16.4. The van der Waals surface area contributed by atoms with Crippen molar-refractivity contribution in [3.05, 3.63) is 0 Å². The number of nitrogens with zero attached hydrogens (tertiary/aromatic N) is 1. The van der Waals surface area contributed by atoms with Crippen molar-refractivity contribution in [1.82, 2.24) is 15.5 Å². The van der Waals surface area contributed by atoms with Gasteiger partial charge in [-0.1, -0.05) is 0 Å². The molecule has 0 aromatic rings. The molecule has 3 amide bonds. The van der Waals surface area contributed by atoms with Crippen molar-refractivity contribution in [1.29, 1.82) is 0 Å². The summed E-state index contributed by atoms with van der Waals surface area (Å²) in [6, 6.07) is -0.483. The first-order chi connectivity index (χ1) is 7.70. The molecule has 0 aliphatic heterocycles. The summed E-state index contributed by atoms with van der Waals surface area (Å²) in [4.78, 5) is 34.5. The van der Waals surface area contributed by atoms with Gasteiger partial charge in [-0.3, -0.25) is 9.59 Å². The van der Waals surface area contributed by atoms with Crippen molar-refractivity contribution in [2.45, 2.75) is 13.8 Å². The summed E-state index contributed by atoms with van der Waals surface area (Å²) >= 11 is 0. The maximum absolute atomic E-state index is 11.5. The van der Waals surface area contributed by atoms with Gasteiger partial charge in [0.25, 0.3) is 0 Å². The molecule has 0 saturated carbocycles. The Kier molecular flexibility index (Phi) is 5.43. The molecule has 0 radical (unpaired) electrons. The van der Waals surface area contributed by atoms with Crippen LogP contribution in [-0.4, -0.2) is 55.1 Å². The number of carbonyl (C=O) groups is 3. The molecule has 0 atom stereocenters. The van der Waals surface area contributed by atoms with Crippen LogP contribution in [0, 0.1) is 5.41 Å². The fourth-order valence-electron chi connectivity index (χ4n) is 0.873. The number of hydrogen-bond acceptors (Lipinski definition) is 3. The van der Waals surface area contributed by atoms with Crippen LogP contribution in [-0.2, 0) is 9.59 Å². The molecule has 0 fully saturated rings. The van der Waals surface area contributed by atoms with Gasteiger partial charge >= 0.3 is 12.0 Å². The maximum Gasteiger partial charge on any atom is 0.317 e. The third-order valence-electron chi connectivity index (χ3n) is 2.27. The Hall–Kier alpha value is -1.79. The van der Waals surface area contributed by atoms with E-state index in [4.69, 9.17) is 5.11 Å². The highest BCUT2D eigenvalue weighted by Gasteiger charge is 2.28. The van der Waals surface area contributed by atoms with Gasteiger partial charge in [0.2, 0.25) is 5.91 Å². The zero-order valence-corrected chi connectivity index (χ0v) is 10.5. The first-order valence-electron chi connectivity index (χ1n) is 5.13. The lowest BCUT2D eigenvalue weighted by Crippen LogP contribution is -2.46. The third-order valence-corrected chi connectivity index (χ3v) is 2.27. The van der Waals surface area contributed by atoms with Crippen LogP contribution in [0.5, 0.6) is 0 Å². The first-order valence-corrected chi connectivity index (χ1v) is 5.13. The summed E-state index contributed by atoms with van der Waals surface area (Å²) in [5, 5.41) is 13.7. The summed E-state index contributed by atoms with van der Waals surface area (Å²) in [6.07, 6.45) is 0. The Morgan fingerprint density at radius 3 is 2.24 bits per heavy atom. The second-order valence-corrected chi connectivity index (χ2v) is 4.38. The lowest BCUT2D eigenvalue weighted by molar-refractivity contribution is -0.146. The number of likely N-dealkylation sites (N-methyl/N-ethyl adjacent to an activating group) is 2. The van der Waals surface area contributed by atoms with E-state index in [1.807, 2.05) is 0 Å². The molecule has 98 valence electrons. The molecule has 0 bridgehead atoms. The van der Waals surface area contributed by atoms with E-state index in [0.717, 1.165) is 0 Å². The number of nitrogens with one attached hydrogen (secondary N) is 2. The van der Waals surface area contributed by atoms with Crippen molar-refractivity contribution in [2.24, 2.45) is 5.41 Å². The molecule has 0 spiro atoms. The molecule has 3 N–H and O–H groups in total. The van der Waals surface area contributed by atoms with Crippen molar-refractivity contribution in [3.8, 4) is 0 Å². The zero-order valence-electron chi connectivity index (χ0n) is 10.5. The van der Waals surface area contributed by atoms with E-state index >= 15 is 0 Å². The largest absolute Gasteiger partial charge is 0.481 e. The van der Waals surface area contributed by atoms with E-state index in [0.29, 0.717) is 0 Å². The lowest BCUT2D eigenvalue weighted by atomic mass is 9.94. The highest BCUT2D eigenvalue weighted by Crippen LogP contribution is 2.13. The summed E-state index contributed by atoms with van der Waals surface area (Å²) in [7, 11) is 2.93. The zero-order chi connectivity index (χ0) is 13.6. The van der Waals surface area contributed by atoms with Crippen LogP contribution in [0.15, 0.2) is 0 Å². The minimum atomic E-state index is -1.04. The minimum absolute atomic E-state index is 0.000743. The maximum atomic E-state index is 11.5. The first kappa shape index (κ1) is 15.2. The van der Waals surface area contributed by atoms with E-state index in [-0.39, 0.29) is 19.0 Å². The van der Waals surface area contributed by atoms with Gasteiger partial charge in [-0.05, 0) is 13.8 Å². The molecule has 0 aliphatic carbocycles. The van der Waals surface area contributed by atoms with Crippen molar-refractivity contribution in [3.63, 3.8) is 0 Å². The number of carboxylic acid groups (broad SMARTS) is 1. The molecule has 0 unspecified atom stereocenters. The second-order valence-electron chi connectivity index (χ2n) is 4.38. The van der Waals surface area contributed by atoms with Crippen molar-refractivity contribution < 1.29 is 19.5 Å². The predicted octanol–water partition coefficient (Wildman–Crippen LogP) is -0.515. The number of carboxylic acids is 1. The van der Waals surface area contributed by atoms with E-state index in [2.05, 4.69) is 10.6 Å². The Bertz CT molecular complexity index is 315. The van der Waals surface area contributed by atoms with E-state index in [1.165, 1.54) is 32.8 Å². The number of carbonyl (C=O) groups excluding carboxylic acids is 2. The van der Waals surface area contributed by atoms with Crippen LogP contribution in [0.2, 0.25) is 0 Å². The van der Waals surface area contributed by atoms with Crippen molar-refractivity contribution >= 4 is 17.9 Å². The number of rotatable bonds is 5. The van der Waals surface area contributed by atoms with E-state index in [1.54, 1.807) is 0 Å². The van der Waals surface area contributed by atoms with Gasteiger partial charge in [0, 0.05) is 20.6 Å². The molecular formula is C10H19N3O4. The SMILES string of the molecule is CNC(=O)CN(C)C(=O)NCC(C)(C)C(=O)O. The average molecular weight is 245 g/mol. The van der Waals surface area contributed by atoms with Gasteiger partial charge in [-0.15, -0.1) is 0 Å². The summed E-state index contributed by atoms with van der Waals surface area (Å²) in [6.45, 7) is 2.94. The van der Waals surface area contributed by atoms with Crippen LogP contribution in [0.4, 0.5) is 4.79 Å². The molecule has 7 nitrogen and oxygen atoms in total. The third kappa shape index (κ3) is 5.19. The Morgan fingerprint density at radius 2 is 1.82 bits per heavy atom. The van der Waals surface area contributed by atoms with E-state index < -0.39 is 17.4 Å². The molecule has 0 aliphatic rings. The van der Waals surface area contributed by atoms with Crippen LogP contribution < -0.4 is 10.6 Å². The molecule has 0 aromatic carbocycles. The molecule has 17 heavy (non-hydrogen) atoms. The lowest BCUT2D eigenvalue weighted by Gasteiger charge is -2.22. The topological polar surface area (TPSA) is 98.7 Å². The molecule has 7 heteroatoms. The van der Waals surface area contributed by atoms with E-state index in [9.17, 15) is 14.4 Å². The molecule has 0 saturated heterocycles. The van der Waals surface area contributed by atoms with Gasteiger partial charge in [0.15, 0.2) is 0 Å². The van der Waals surface area contributed by atoms with Gasteiger partial charge in [-0.25, -0.2) is 4.79 Å². The summed E-state index contributed by atoms with van der Waals surface area (Å²) in [5.74, 6) is -1.29. The highest BCUT2D eigenvalue weighted by molar-refractivity contribution is 5.84. The quantitative estimate of drug-likeness (QED) is 0.607. The molecule has 0 rings (SSSR count). The number of urea groups is 1. The standard InChI is InChI=1S/C10H19N3O4/c1-10(2,8(15)16)6-12-9(17)13(4)5-7(14)11-3/h5-6H2,1-4H3,(H,11,14)(H,12,17)(H,15,16). The van der Waals surface area contributed by atoms with Crippen LogP contribution in [0.3, 0.4) is 0 Å². The monoisotopic (exact) mass is 245 g/mol. The van der Waals surface area contributed by atoms with Crippen LogP contribution in [0.25, 0.3) is 0 Å². The van der Waals surface area contributed by atoms with Crippen LogP contribution in [0.1, 0.15) is 13.8 Å².